The van der Waals surface area contributed by atoms with Gasteiger partial charge in [-0.05, 0) is 12.5 Å². The summed E-state index contributed by atoms with van der Waals surface area (Å²) < 4.78 is 16.4. The molecule has 0 saturated carbocycles. The van der Waals surface area contributed by atoms with Gasteiger partial charge in [-0.25, -0.2) is 4.79 Å². The molecule has 1 aromatic rings. The molecule has 1 fully saturated rings. The Balaban J connectivity index is 1.67. The first kappa shape index (κ1) is 16.9. The van der Waals surface area contributed by atoms with Crippen molar-refractivity contribution >= 4 is 17.8 Å². The van der Waals surface area contributed by atoms with Gasteiger partial charge in [0.25, 0.3) is 0 Å². The fourth-order valence-corrected chi connectivity index (χ4v) is 2.67. The molecule has 9 heteroatoms. The molecule has 134 valence electrons. The first-order chi connectivity index (χ1) is 12.1. The van der Waals surface area contributed by atoms with E-state index in [9.17, 15) is 14.4 Å². The molecule has 0 radical (unpaired) electrons. The summed E-state index contributed by atoms with van der Waals surface area (Å²) in [6, 6.07) is 2.03. The second kappa shape index (κ2) is 7.29. The molecule has 1 saturated heterocycles. The molecule has 1 atom stereocenters. The summed E-state index contributed by atoms with van der Waals surface area (Å²) in [6.45, 7) is 1.12. The van der Waals surface area contributed by atoms with E-state index < -0.39 is 18.0 Å². The molecule has 3 rings (SSSR count). The number of urea groups is 1. The Labute approximate surface area is 144 Å². The summed E-state index contributed by atoms with van der Waals surface area (Å²) in [7, 11) is 1.53. The molecular formula is C16H19N3O6. The molecule has 4 amide bonds. The third kappa shape index (κ3) is 3.93. The van der Waals surface area contributed by atoms with Crippen LogP contribution in [0.25, 0.3) is 0 Å². The number of ether oxygens (including phenoxy) is 3. The van der Waals surface area contributed by atoms with Crippen molar-refractivity contribution in [2.24, 2.45) is 0 Å². The predicted molar refractivity (Wildman–Crippen MR) is 85.5 cm³/mol. The smallest absolute Gasteiger partial charge is 0.322 e. The molecule has 9 nitrogen and oxygen atoms in total. The summed E-state index contributed by atoms with van der Waals surface area (Å²) >= 11 is 0. The lowest BCUT2D eigenvalue weighted by Gasteiger charge is -2.21. The average Bonchev–Trinajstić information content (AvgIpc) is 2.78. The average molecular weight is 349 g/mol. The van der Waals surface area contributed by atoms with Crippen LogP contribution in [0, 0.1) is 0 Å². The summed E-state index contributed by atoms with van der Waals surface area (Å²) in [6.07, 6.45) is 0.339. The van der Waals surface area contributed by atoms with Gasteiger partial charge in [0, 0.05) is 24.6 Å². The van der Waals surface area contributed by atoms with Crippen LogP contribution >= 0.6 is 0 Å². The van der Waals surface area contributed by atoms with E-state index >= 15 is 0 Å². The van der Waals surface area contributed by atoms with Crippen molar-refractivity contribution in [3.8, 4) is 17.2 Å². The highest BCUT2D eigenvalue weighted by Gasteiger charge is 2.26. The number of imide groups is 1. The zero-order valence-corrected chi connectivity index (χ0v) is 13.7. The summed E-state index contributed by atoms with van der Waals surface area (Å²) in [5.74, 6) is 0.974. The summed E-state index contributed by atoms with van der Waals surface area (Å²) in [4.78, 5) is 35.1. The van der Waals surface area contributed by atoms with Crippen LogP contribution in [0.1, 0.15) is 18.4 Å². The van der Waals surface area contributed by atoms with E-state index in [1.165, 1.54) is 7.11 Å². The van der Waals surface area contributed by atoms with Gasteiger partial charge in [-0.2, -0.15) is 0 Å². The van der Waals surface area contributed by atoms with Gasteiger partial charge in [-0.3, -0.25) is 14.9 Å². The molecule has 0 bridgehead atoms. The standard InChI is InChI=1S/C16H19N3O6/c1-23-11-7-13-12(24-4-5-25-13)6-9(11)8-17-15(21)10-2-3-14(20)19-16(22)18-10/h6-7,10H,2-5,8H2,1H3,(H,17,21)(H2,18,19,20,22)/t10-/m0/s1. The Hall–Kier alpha value is -2.97. The number of hydrogen-bond acceptors (Lipinski definition) is 6. The van der Waals surface area contributed by atoms with E-state index in [2.05, 4.69) is 16.0 Å². The molecule has 3 N–H and O–H groups in total. The van der Waals surface area contributed by atoms with Crippen LogP contribution in [-0.2, 0) is 16.1 Å². The molecule has 2 aliphatic rings. The minimum atomic E-state index is -0.769. The second-order valence-electron chi connectivity index (χ2n) is 5.64. The van der Waals surface area contributed by atoms with E-state index in [0.29, 0.717) is 36.0 Å². The molecule has 25 heavy (non-hydrogen) atoms. The molecular weight excluding hydrogens is 330 g/mol. The lowest BCUT2D eigenvalue weighted by molar-refractivity contribution is -0.123. The Morgan fingerprint density at radius 3 is 2.72 bits per heavy atom. The number of amides is 4. The third-order valence-corrected chi connectivity index (χ3v) is 3.93. The highest BCUT2D eigenvalue weighted by atomic mass is 16.6. The van der Waals surface area contributed by atoms with E-state index in [1.54, 1.807) is 12.1 Å². The number of methoxy groups -OCH3 is 1. The van der Waals surface area contributed by atoms with Crippen LogP contribution < -0.4 is 30.2 Å². The predicted octanol–water partition coefficient (Wildman–Crippen LogP) is 0.0708. The molecule has 0 unspecified atom stereocenters. The lowest BCUT2D eigenvalue weighted by Crippen LogP contribution is -2.48. The Kier molecular flexibility index (Phi) is 4.92. The summed E-state index contributed by atoms with van der Waals surface area (Å²) in [5, 5.41) is 7.34. The third-order valence-electron chi connectivity index (χ3n) is 3.93. The van der Waals surface area contributed by atoms with Crippen molar-refractivity contribution in [1.82, 2.24) is 16.0 Å². The number of hydrogen-bond donors (Lipinski definition) is 3. The minimum Gasteiger partial charge on any atom is -0.496 e. The van der Waals surface area contributed by atoms with Gasteiger partial charge >= 0.3 is 6.03 Å². The summed E-state index contributed by atoms with van der Waals surface area (Å²) in [5.41, 5.74) is 0.717. The first-order valence-electron chi connectivity index (χ1n) is 7.91. The highest BCUT2D eigenvalue weighted by molar-refractivity contribution is 5.98. The van der Waals surface area contributed by atoms with Gasteiger partial charge < -0.3 is 24.8 Å². The van der Waals surface area contributed by atoms with E-state index in [-0.39, 0.29) is 25.3 Å². The number of nitrogens with one attached hydrogen (secondary N) is 3. The molecule has 1 aromatic carbocycles. The van der Waals surface area contributed by atoms with Crippen molar-refractivity contribution in [2.45, 2.75) is 25.4 Å². The van der Waals surface area contributed by atoms with Gasteiger partial charge in [0.2, 0.25) is 11.8 Å². The maximum atomic E-state index is 12.3. The fraction of sp³-hybridized carbons (Fsp3) is 0.438. The molecule has 2 aliphatic heterocycles. The zero-order valence-electron chi connectivity index (χ0n) is 13.7. The number of carbonyl (C=O) groups is 3. The van der Waals surface area contributed by atoms with E-state index in [1.807, 2.05) is 0 Å². The van der Waals surface area contributed by atoms with Crippen LogP contribution in [0.4, 0.5) is 4.79 Å². The van der Waals surface area contributed by atoms with Crippen LogP contribution in [0.5, 0.6) is 17.2 Å². The molecule has 0 aromatic heterocycles. The van der Waals surface area contributed by atoms with Crippen LogP contribution in [0.15, 0.2) is 12.1 Å². The van der Waals surface area contributed by atoms with Crippen molar-refractivity contribution < 1.29 is 28.6 Å². The van der Waals surface area contributed by atoms with Crippen molar-refractivity contribution in [1.29, 1.82) is 0 Å². The molecule has 0 aliphatic carbocycles. The number of rotatable bonds is 4. The minimum absolute atomic E-state index is 0.101. The largest absolute Gasteiger partial charge is 0.496 e. The van der Waals surface area contributed by atoms with Crippen molar-refractivity contribution in [2.75, 3.05) is 20.3 Å². The maximum absolute atomic E-state index is 12.3. The number of carbonyl (C=O) groups excluding carboxylic acids is 3. The van der Waals surface area contributed by atoms with Crippen LogP contribution in [0.2, 0.25) is 0 Å². The van der Waals surface area contributed by atoms with Crippen molar-refractivity contribution in [3.63, 3.8) is 0 Å². The van der Waals surface area contributed by atoms with Gasteiger partial charge in [-0.15, -0.1) is 0 Å². The van der Waals surface area contributed by atoms with Crippen LogP contribution in [-0.4, -0.2) is 44.2 Å². The molecule has 2 heterocycles. The SMILES string of the molecule is COc1cc2c(cc1CNC(=O)[C@@H]1CCC(=O)NC(=O)N1)OCCO2. The van der Waals surface area contributed by atoms with Gasteiger partial charge in [0.05, 0.1) is 7.11 Å². The van der Waals surface area contributed by atoms with Gasteiger partial charge in [0.15, 0.2) is 11.5 Å². The van der Waals surface area contributed by atoms with Gasteiger partial charge in [0.1, 0.15) is 25.0 Å². The number of fused-ring (bicyclic) bond motifs is 1. The monoisotopic (exact) mass is 349 g/mol. The van der Waals surface area contributed by atoms with Crippen molar-refractivity contribution in [3.05, 3.63) is 17.7 Å². The fourth-order valence-electron chi connectivity index (χ4n) is 2.67. The topological polar surface area (TPSA) is 115 Å². The lowest BCUT2D eigenvalue weighted by atomic mass is 10.1. The second-order valence-corrected chi connectivity index (χ2v) is 5.64. The van der Waals surface area contributed by atoms with Gasteiger partial charge in [-0.1, -0.05) is 0 Å². The highest BCUT2D eigenvalue weighted by Crippen LogP contribution is 2.36. The van der Waals surface area contributed by atoms with Crippen LogP contribution in [0.3, 0.4) is 0 Å². The zero-order chi connectivity index (χ0) is 17.8. The van der Waals surface area contributed by atoms with E-state index in [0.717, 1.165) is 0 Å². The van der Waals surface area contributed by atoms with E-state index in [4.69, 9.17) is 14.2 Å². The first-order valence-corrected chi connectivity index (χ1v) is 7.91. The Bertz CT molecular complexity index is 705. The quantitative estimate of drug-likeness (QED) is 0.709. The Morgan fingerprint density at radius 1 is 1.28 bits per heavy atom. The Morgan fingerprint density at radius 2 is 2.00 bits per heavy atom. The normalized spacial score (nSPS) is 19.3. The molecule has 0 spiro atoms. The maximum Gasteiger partial charge on any atom is 0.322 e. The number of benzene rings is 1.